The van der Waals surface area contributed by atoms with Crippen LogP contribution in [0.2, 0.25) is 0 Å². The van der Waals surface area contributed by atoms with Crippen LogP contribution in [0.1, 0.15) is 61.7 Å². The molecule has 1 saturated heterocycles. The van der Waals surface area contributed by atoms with Gasteiger partial charge in [-0.1, -0.05) is 0 Å². The Balaban J connectivity index is 1.10. The van der Waals surface area contributed by atoms with Crippen LogP contribution in [-0.2, 0) is 9.47 Å². The number of carbonyl (C=O) groups excluding carboxylic acids is 1. The minimum absolute atomic E-state index is 0.0830. The zero-order chi connectivity index (χ0) is 28.5. The minimum atomic E-state index is -0.0830. The number of H-pyrrole nitrogens is 1. The standard InChI is InChI=1S/C31H40N8O3/c1-41-24-8-4-22(5-9-24)37-31(40)26-18-35-39-11-10-20(16-27(26)39)25-17-32-29-28(25)30(34-19-33-29)36-21-2-6-23(7-3-21)38-12-14-42-15-13-38/h10-11,16-19,21-24H,2-9,12-15H2,1H3,(H,37,40)(H2,32,33,34,36). The van der Waals surface area contributed by atoms with Gasteiger partial charge < -0.3 is 25.1 Å². The molecule has 4 aromatic rings. The Bertz CT molecular complexity index is 1530. The molecule has 42 heavy (non-hydrogen) atoms. The van der Waals surface area contributed by atoms with Gasteiger partial charge in [-0.05, 0) is 69.1 Å². The molecule has 4 aromatic heterocycles. The van der Waals surface area contributed by atoms with Crippen molar-refractivity contribution in [3.63, 3.8) is 0 Å². The number of amides is 1. The molecule has 0 unspecified atom stereocenters. The van der Waals surface area contributed by atoms with Gasteiger partial charge in [0.25, 0.3) is 5.91 Å². The largest absolute Gasteiger partial charge is 0.381 e. The number of morpholine rings is 1. The molecule has 3 fully saturated rings. The van der Waals surface area contributed by atoms with Gasteiger partial charge in [0.05, 0.1) is 42.0 Å². The molecule has 222 valence electrons. The second-order valence-corrected chi connectivity index (χ2v) is 11.9. The average Bonchev–Trinajstić information content (AvgIpc) is 3.67. The number of hydrogen-bond acceptors (Lipinski definition) is 8. The highest BCUT2D eigenvalue weighted by atomic mass is 16.5. The van der Waals surface area contributed by atoms with E-state index in [0.717, 1.165) is 98.3 Å². The summed E-state index contributed by atoms with van der Waals surface area (Å²) in [5, 5.41) is 12.4. The van der Waals surface area contributed by atoms with E-state index in [0.29, 0.717) is 23.8 Å². The fourth-order valence-corrected chi connectivity index (χ4v) is 7.05. The summed E-state index contributed by atoms with van der Waals surface area (Å²) in [5.41, 5.74) is 4.14. The molecule has 0 atom stereocenters. The fraction of sp³-hybridized carbons (Fsp3) is 0.548. The summed E-state index contributed by atoms with van der Waals surface area (Å²) in [6.07, 6.45) is 15.8. The van der Waals surface area contributed by atoms with E-state index in [1.54, 1.807) is 24.1 Å². The number of pyridine rings is 1. The lowest BCUT2D eigenvalue weighted by Gasteiger charge is -2.39. The van der Waals surface area contributed by atoms with Crippen molar-refractivity contribution < 1.29 is 14.3 Å². The number of methoxy groups -OCH3 is 1. The normalized spacial score (nSPS) is 25.5. The highest BCUT2D eigenvalue weighted by Crippen LogP contribution is 2.35. The summed E-state index contributed by atoms with van der Waals surface area (Å²) in [5.74, 6) is 0.768. The number of fused-ring (bicyclic) bond motifs is 2. The van der Waals surface area contributed by atoms with Crippen LogP contribution >= 0.6 is 0 Å². The molecule has 0 bridgehead atoms. The van der Waals surface area contributed by atoms with E-state index in [1.807, 2.05) is 24.5 Å². The molecule has 1 amide bonds. The molecule has 5 heterocycles. The van der Waals surface area contributed by atoms with Gasteiger partial charge in [0.15, 0.2) is 0 Å². The van der Waals surface area contributed by atoms with Crippen molar-refractivity contribution >= 4 is 28.3 Å². The summed E-state index contributed by atoms with van der Waals surface area (Å²) in [6, 6.07) is 5.24. The smallest absolute Gasteiger partial charge is 0.255 e. The van der Waals surface area contributed by atoms with E-state index in [4.69, 9.17) is 9.47 Å². The van der Waals surface area contributed by atoms with Crippen molar-refractivity contribution in [2.45, 2.75) is 75.6 Å². The molecule has 0 spiro atoms. The number of aromatic amines is 1. The maximum atomic E-state index is 13.3. The monoisotopic (exact) mass is 572 g/mol. The van der Waals surface area contributed by atoms with E-state index < -0.39 is 0 Å². The van der Waals surface area contributed by atoms with Crippen LogP contribution < -0.4 is 10.6 Å². The summed E-state index contributed by atoms with van der Waals surface area (Å²) >= 11 is 0. The minimum Gasteiger partial charge on any atom is -0.381 e. The molecule has 11 nitrogen and oxygen atoms in total. The van der Waals surface area contributed by atoms with Gasteiger partial charge in [0.1, 0.15) is 17.8 Å². The molecule has 0 radical (unpaired) electrons. The second kappa shape index (κ2) is 12.0. The zero-order valence-corrected chi connectivity index (χ0v) is 24.2. The number of carbonyl (C=O) groups is 1. The predicted octanol–water partition coefficient (Wildman–Crippen LogP) is 4.02. The molecule has 0 aromatic carbocycles. The number of nitrogens with one attached hydrogen (secondary N) is 3. The average molecular weight is 573 g/mol. The number of anilines is 1. The first-order valence-corrected chi connectivity index (χ1v) is 15.4. The Morgan fingerprint density at radius 1 is 1.05 bits per heavy atom. The maximum absolute atomic E-state index is 13.3. The van der Waals surface area contributed by atoms with Gasteiger partial charge in [0.2, 0.25) is 0 Å². The van der Waals surface area contributed by atoms with Gasteiger partial charge in [-0.25, -0.2) is 14.5 Å². The number of hydrogen-bond donors (Lipinski definition) is 3. The Hall–Kier alpha value is -3.54. The molecular formula is C31H40N8O3. The Morgan fingerprint density at radius 3 is 2.62 bits per heavy atom. The van der Waals surface area contributed by atoms with Gasteiger partial charge >= 0.3 is 0 Å². The topological polar surface area (TPSA) is 122 Å². The summed E-state index contributed by atoms with van der Waals surface area (Å²) in [4.78, 5) is 28.4. The van der Waals surface area contributed by atoms with E-state index in [1.165, 1.54) is 12.8 Å². The molecule has 3 aliphatic rings. The molecule has 3 N–H and O–H groups in total. The van der Waals surface area contributed by atoms with Gasteiger partial charge in [-0.3, -0.25) is 9.69 Å². The summed E-state index contributed by atoms with van der Waals surface area (Å²) in [7, 11) is 1.76. The highest BCUT2D eigenvalue weighted by Gasteiger charge is 2.28. The lowest BCUT2D eigenvalue weighted by atomic mass is 9.90. The van der Waals surface area contributed by atoms with E-state index in [-0.39, 0.29) is 11.9 Å². The molecule has 11 heteroatoms. The van der Waals surface area contributed by atoms with Gasteiger partial charge in [-0.2, -0.15) is 5.10 Å². The van der Waals surface area contributed by atoms with Crippen LogP contribution in [-0.4, -0.2) is 93.0 Å². The first-order chi connectivity index (χ1) is 20.7. The van der Waals surface area contributed by atoms with Crippen LogP contribution in [0, 0.1) is 0 Å². The number of ether oxygens (including phenoxy) is 2. The van der Waals surface area contributed by atoms with Crippen molar-refractivity contribution in [3.05, 3.63) is 42.6 Å². The van der Waals surface area contributed by atoms with Crippen LogP contribution in [0.25, 0.3) is 27.7 Å². The Kier molecular flexibility index (Phi) is 7.79. The quantitative estimate of drug-likeness (QED) is 0.304. The lowest BCUT2D eigenvalue weighted by Crippen LogP contribution is -2.46. The van der Waals surface area contributed by atoms with E-state index >= 15 is 0 Å². The van der Waals surface area contributed by atoms with Crippen molar-refractivity contribution in [2.75, 3.05) is 38.7 Å². The SMILES string of the molecule is COC1CCC(NC(=O)c2cnn3ccc(-c4c[nH]c5ncnc(NC6CCC(N7CCOCC7)CC6)c45)cc23)CC1. The van der Waals surface area contributed by atoms with Crippen LogP contribution in [0.4, 0.5) is 5.82 Å². The maximum Gasteiger partial charge on any atom is 0.255 e. The second-order valence-electron chi connectivity index (χ2n) is 11.9. The summed E-state index contributed by atoms with van der Waals surface area (Å²) in [6.45, 7) is 3.78. The van der Waals surface area contributed by atoms with Crippen molar-refractivity contribution in [2.24, 2.45) is 0 Å². The first-order valence-electron chi connectivity index (χ1n) is 15.4. The fourth-order valence-electron chi connectivity index (χ4n) is 7.05. The van der Waals surface area contributed by atoms with Crippen LogP contribution in [0.5, 0.6) is 0 Å². The number of nitrogens with zero attached hydrogens (tertiary/aromatic N) is 5. The predicted molar refractivity (Wildman–Crippen MR) is 161 cm³/mol. The van der Waals surface area contributed by atoms with Crippen molar-refractivity contribution in [1.82, 2.24) is 34.8 Å². The highest BCUT2D eigenvalue weighted by molar-refractivity contribution is 6.04. The Labute approximate surface area is 245 Å². The van der Waals surface area contributed by atoms with E-state index in [2.05, 4.69) is 35.6 Å². The molecule has 1 aliphatic heterocycles. The molecule has 7 rings (SSSR count). The zero-order valence-electron chi connectivity index (χ0n) is 24.2. The Morgan fingerprint density at radius 2 is 1.83 bits per heavy atom. The molecule has 2 saturated carbocycles. The number of rotatable bonds is 7. The summed E-state index contributed by atoms with van der Waals surface area (Å²) < 4.78 is 12.8. The third-order valence-electron chi connectivity index (χ3n) is 9.49. The number of aromatic nitrogens is 5. The molecular weight excluding hydrogens is 532 g/mol. The van der Waals surface area contributed by atoms with Crippen LogP contribution in [0.3, 0.4) is 0 Å². The van der Waals surface area contributed by atoms with Crippen molar-refractivity contribution in [1.29, 1.82) is 0 Å². The third-order valence-corrected chi connectivity index (χ3v) is 9.49. The third kappa shape index (κ3) is 5.48. The lowest BCUT2D eigenvalue weighted by molar-refractivity contribution is 0.00791. The van der Waals surface area contributed by atoms with Crippen molar-refractivity contribution in [3.8, 4) is 11.1 Å². The molecule has 2 aliphatic carbocycles. The van der Waals surface area contributed by atoms with Gasteiger partial charge in [-0.15, -0.1) is 0 Å². The first kappa shape index (κ1) is 27.3. The van der Waals surface area contributed by atoms with E-state index in [9.17, 15) is 4.79 Å². The van der Waals surface area contributed by atoms with Gasteiger partial charge in [0, 0.05) is 56.3 Å². The van der Waals surface area contributed by atoms with Crippen LogP contribution in [0.15, 0.2) is 37.1 Å².